The van der Waals surface area contributed by atoms with E-state index >= 15 is 0 Å². The standard InChI is InChI=1S/C15H9ClF2N2O/c1-21-13-5-3-2-4-8(13)15-19-12-7-11(18)10(17)6-9(12)14(16)20-15/h2-7H,1H3. The minimum atomic E-state index is -0.988. The van der Waals surface area contributed by atoms with Crippen molar-refractivity contribution < 1.29 is 13.5 Å². The van der Waals surface area contributed by atoms with Gasteiger partial charge < -0.3 is 4.74 Å². The molecule has 1 aromatic heterocycles. The highest BCUT2D eigenvalue weighted by molar-refractivity contribution is 6.34. The first-order chi connectivity index (χ1) is 10.1. The summed E-state index contributed by atoms with van der Waals surface area (Å²) in [5.74, 6) is -1.12. The number of aromatic nitrogens is 2. The van der Waals surface area contributed by atoms with E-state index in [1.807, 2.05) is 0 Å². The van der Waals surface area contributed by atoms with Crippen molar-refractivity contribution in [2.24, 2.45) is 0 Å². The zero-order chi connectivity index (χ0) is 15.0. The summed E-state index contributed by atoms with van der Waals surface area (Å²) in [5, 5.41) is 0.314. The monoisotopic (exact) mass is 306 g/mol. The number of ether oxygens (including phenoxy) is 1. The number of methoxy groups -OCH3 is 1. The molecule has 2 aromatic carbocycles. The van der Waals surface area contributed by atoms with E-state index in [2.05, 4.69) is 9.97 Å². The van der Waals surface area contributed by atoms with Gasteiger partial charge in [-0.25, -0.2) is 18.7 Å². The van der Waals surface area contributed by atoms with Crippen LogP contribution in [-0.4, -0.2) is 17.1 Å². The maximum Gasteiger partial charge on any atom is 0.165 e. The van der Waals surface area contributed by atoms with Gasteiger partial charge in [-0.1, -0.05) is 23.7 Å². The predicted octanol–water partition coefficient (Wildman–Crippen LogP) is 4.24. The van der Waals surface area contributed by atoms with Crippen LogP contribution in [0.4, 0.5) is 8.78 Å². The molecule has 0 aliphatic rings. The van der Waals surface area contributed by atoms with Gasteiger partial charge in [0.25, 0.3) is 0 Å². The third kappa shape index (κ3) is 2.40. The fourth-order valence-electron chi connectivity index (χ4n) is 2.04. The number of benzene rings is 2. The minimum Gasteiger partial charge on any atom is -0.496 e. The summed E-state index contributed by atoms with van der Waals surface area (Å²) >= 11 is 6.05. The van der Waals surface area contributed by atoms with Gasteiger partial charge in [-0.3, -0.25) is 0 Å². The molecule has 106 valence electrons. The normalized spacial score (nSPS) is 10.9. The Morgan fingerprint density at radius 2 is 1.76 bits per heavy atom. The molecule has 0 bridgehead atoms. The van der Waals surface area contributed by atoms with Crippen LogP contribution in [0.25, 0.3) is 22.3 Å². The highest BCUT2D eigenvalue weighted by Gasteiger charge is 2.14. The maximum atomic E-state index is 13.4. The van der Waals surface area contributed by atoms with Crippen molar-refractivity contribution in [2.75, 3.05) is 7.11 Å². The second-order valence-electron chi connectivity index (χ2n) is 4.32. The van der Waals surface area contributed by atoms with Gasteiger partial charge in [0.05, 0.1) is 18.2 Å². The fourth-order valence-corrected chi connectivity index (χ4v) is 2.27. The molecule has 0 N–H and O–H groups in total. The summed E-state index contributed by atoms with van der Waals surface area (Å²) in [6.45, 7) is 0. The van der Waals surface area contributed by atoms with Crippen LogP contribution in [0.1, 0.15) is 0 Å². The summed E-state index contributed by atoms with van der Waals surface area (Å²) in [6, 6.07) is 9.10. The summed E-state index contributed by atoms with van der Waals surface area (Å²) in [7, 11) is 1.52. The van der Waals surface area contributed by atoms with Crippen LogP contribution in [0.15, 0.2) is 36.4 Å². The van der Waals surface area contributed by atoms with E-state index in [1.54, 1.807) is 24.3 Å². The highest BCUT2D eigenvalue weighted by Crippen LogP contribution is 2.31. The molecule has 21 heavy (non-hydrogen) atoms. The van der Waals surface area contributed by atoms with Crippen molar-refractivity contribution in [2.45, 2.75) is 0 Å². The molecular weight excluding hydrogens is 298 g/mol. The number of nitrogens with zero attached hydrogens (tertiary/aromatic N) is 2. The van der Waals surface area contributed by atoms with E-state index in [9.17, 15) is 8.78 Å². The molecule has 0 fully saturated rings. The van der Waals surface area contributed by atoms with Crippen molar-refractivity contribution in [3.63, 3.8) is 0 Å². The number of rotatable bonds is 2. The molecule has 0 aliphatic heterocycles. The van der Waals surface area contributed by atoms with E-state index in [0.717, 1.165) is 12.1 Å². The molecule has 0 spiro atoms. The van der Waals surface area contributed by atoms with Crippen LogP contribution in [0.3, 0.4) is 0 Å². The second-order valence-corrected chi connectivity index (χ2v) is 4.68. The largest absolute Gasteiger partial charge is 0.496 e. The van der Waals surface area contributed by atoms with Gasteiger partial charge >= 0.3 is 0 Å². The third-order valence-corrected chi connectivity index (χ3v) is 3.33. The minimum absolute atomic E-state index is 0.0554. The summed E-state index contributed by atoms with van der Waals surface area (Å²) < 4.78 is 31.9. The molecule has 0 amide bonds. The number of hydrogen-bond acceptors (Lipinski definition) is 3. The maximum absolute atomic E-state index is 13.4. The Morgan fingerprint density at radius 1 is 1.05 bits per heavy atom. The van der Waals surface area contributed by atoms with Crippen molar-refractivity contribution in [3.8, 4) is 17.1 Å². The summed E-state index contributed by atoms with van der Waals surface area (Å²) in [4.78, 5) is 8.37. The molecule has 0 aliphatic carbocycles. The van der Waals surface area contributed by atoms with Crippen LogP contribution in [0, 0.1) is 11.6 Å². The first-order valence-electron chi connectivity index (χ1n) is 6.06. The molecule has 3 nitrogen and oxygen atoms in total. The Morgan fingerprint density at radius 3 is 2.52 bits per heavy atom. The molecule has 3 rings (SSSR count). The Hall–Kier alpha value is -2.27. The van der Waals surface area contributed by atoms with E-state index in [-0.39, 0.29) is 21.9 Å². The van der Waals surface area contributed by atoms with Crippen LogP contribution in [0.5, 0.6) is 5.75 Å². The number of para-hydroxylation sites is 1. The lowest BCUT2D eigenvalue weighted by molar-refractivity contribution is 0.416. The summed E-state index contributed by atoms with van der Waals surface area (Å²) in [6.07, 6.45) is 0. The fraction of sp³-hybridized carbons (Fsp3) is 0.0667. The first kappa shape index (κ1) is 13.7. The predicted molar refractivity (Wildman–Crippen MR) is 76.5 cm³/mol. The Kier molecular flexibility index (Phi) is 3.43. The van der Waals surface area contributed by atoms with Crippen LogP contribution in [-0.2, 0) is 0 Å². The molecule has 3 aromatic rings. The molecular formula is C15H9ClF2N2O. The molecule has 0 saturated carbocycles. The Bertz CT molecular complexity index is 839. The van der Waals surface area contributed by atoms with Gasteiger partial charge in [0, 0.05) is 11.5 Å². The average Bonchev–Trinajstić information content (AvgIpc) is 2.49. The second kappa shape index (κ2) is 5.26. The molecule has 0 unspecified atom stereocenters. The van der Waals surface area contributed by atoms with Gasteiger partial charge in [-0.2, -0.15) is 0 Å². The topological polar surface area (TPSA) is 35.0 Å². The molecule has 0 saturated heterocycles. The van der Waals surface area contributed by atoms with Crippen molar-refractivity contribution in [1.82, 2.24) is 9.97 Å². The van der Waals surface area contributed by atoms with Crippen molar-refractivity contribution in [1.29, 1.82) is 0 Å². The SMILES string of the molecule is COc1ccccc1-c1nc(Cl)c2cc(F)c(F)cc2n1. The van der Waals surface area contributed by atoms with E-state index in [4.69, 9.17) is 16.3 Å². The lowest BCUT2D eigenvalue weighted by Gasteiger charge is -2.09. The lowest BCUT2D eigenvalue weighted by atomic mass is 10.1. The Labute approximate surface area is 124 Å². The van der Waals surface area contributed by atoms with Gasteiger partial charge in [-0.15, -0.1) is 0 Å². The lowest BCUT2D eigenvalue weighted by Crippen LogP contribution is -1.96. The molecule has 6 heteroatoms. The van der Waals surface area contributed by atoms with Gasteiger partial charge in [0.2, 0.25) is 0 Å². The van der Waals surface area contributed by atoms with E-state index in [0.29, 0.717) is 11.3 Å². The number of halogens is 3. The van der Waals surface area contributed by atoms with Gasteiger partial charge in [0.1, 0.15) is 10.9 Å². The van der Waals surface area contributed by atoms with E-state index < -0.39 is 11.6 Å². The zero-order valence-electron chi connectivity index (χ0n) is 10.9. The van der Waals surface area contributed by atoms with Gasteiger partial charge in [0.15, 0.2) is 17.5 Å². The molecule has 0 radical (unpaired) electrons. The number of hydrogen-bond donors (Lipinski definition) is 0. The molecule has 0 atom stereocenters. The summed E-state index contributed by atoms with van der Waals surface area (Å²) in [5.41, 5.74) is 0.850. The van der Waals surface area contributed by atoms with Crippen molar-refractivity contribution >= 4 is 22.5 Å². The van der Waals surface area contributed by atoms with Gasteiger partial charge in [-0.05, 0) is 18.2 Å². The van der Waals surface area contributed by atoms with E-state index in [1.165, 1.54) is 7.11 Å². The highest BCUT2D eigenvalue weighted by atomic mass is 35.5. The Balaban J connectivity index is 2.27. The third-order valence-electron chi connectivity index (χ3n) is 3.04. The first-order valence-corrected chi connectivity index (χ1v) is 6.43. The quantitative estimate of drug-likeness (QED) is 0.664. The average molecular weight is 307 g/mol. The van der Waals surface area contributed by atoms with Crippen molar-refractivity contribution in [3.05, 3.63) is 53.2 Å². The zero-order valence-corrected chi connectivity index (χ0v) is 11.7. The molecule has 1 heterocycles. The van der Waals surface area contributed by atoms with Crippen LogP contribution < -0.4 is 4.74 Å². The smallest absolute Gasteiger partial charge is 0.165 e. The van der Waals surface area contributed by atoms with Crippen LogP contribution in [0.2, 0.25) is 5.15 Å². The number of fused-ring (bicyclic) bond motifs is 1. The van der Waals surface area contributed by atoms with Crippen LogP contribution >= 0.6 is 11.6 Å².